The minimum atomic E-state index is -0.454. The zero-order valence-corrected chi connectivity index (χ0v) is 26.0. The molecule has 2 rings (SSSR count). The summed E-state index contributed by atoms with van der Waals surface area (Å²) >= 11 is 0. The summed E-state index contributed by atoms with van der Waals surface area (Å²) in [6, 6.07) is 9.03. The van der Waals surface area contributed by atoms with E-state index in [2.05, 4.69) is 42.0 Å². The van der Waals surface area contributed by atoms with Gasteiger partial charge in [-0.05, 0) is 58.9 Å². The van der Waals surface area contributed by atoms with Crippen LogP contribution in [0.4, 0.5) is 4.79 Å². The largest absolute Gasteiger partial charge is 0.445 e. The molecule has 0 spiro atoms. The standard InChI is InChI=1S/C16H25NO3.C10H17N3O4.C4H10/c1-12(13(2)20-16(3,4)5)17-15(18)19-11-14-9-7-6-8-10-14;14-5-8(13-9(16)4-11-6-15)3-7-1-2-12-10(7)17;1-4(2)3/h6-10,12-13H,11H2,1-5H3,(H,17,18);6-8,14H,1-5H2,(H,11,15)(H,12,17)(H,13,16);4H,1-3H3. The smallest absolute Gasteiger partial charge is 0.407 e. The van der Waals surface area contributed by atoms with Crippen LogP contribution in [0.1, 0.15) is 73.8 Å². The molecule has 4 amide bonds. The predicted molar refractivity (Wildman–Crippen MR) is 159 cm³/mol. The number of hydrogen-bond acceptors (Lipinski definition) is 7. The van der Waals surface area contributed by atoms with Crippen LogP contribution in [0.25, 0.3) is 0 Å². The number of ether oxygens (including phenoxy) is 2. The summed E-state index contributed by atoms with van der Waals surface area (Å²) in [5.74, 6) is 0.254. The van der Waals surface area contributed by atoms with Crippen molar-refractivity contribution >= 4 is 24.3 Å². The molecule has 11 nitrogen and oxygen atoms in total. The number of alkyl carbamates (subject to hydrolysis) is 1. The number of nitrogens with one attached hydrogen (secondary N) is 4. The van der Waals surface area contributed by atoms with E-state index >= 15 is 0 Å². The highest BCUT2D eigenvalue weighted by molar-refractivity contribution is 5.81. The van der Waals surface area contributed by atoms with Gasteiger partial charge in [-0.1, -0.05) is 51.1 Å². The molecule has 1 heterocycles. The zero-order valence-electron chi connectivity index (χ0n) is 26.0. The van der Waals surface area contributed by atoms with Crippen LogP contribution in [0, 0.1) is 11.8 Å². The van der Waals surface area contributed by atoms with Crippen molar-refractivity contribution in [3.8, 4) is 0 Å². The van der Waals surface area contributed by atoms with Crippen molar-refractivity contribution in [3.05, 3.63) is 35.9 Å². The Morgan fingerprint density at radius 1 is 1.10 bits per heavy atom. The Kier molecular flexibility index (Phi) is 19.1. The number of carbonyl (C=O) groups excluding carboxylic acids is 4. The van der Waals surface area contributed by atoms with E-state index in [0.717, 1.165) is 17.9 Å². The van der Waals surface area contributed by atoms with Gasteiger partial charge in [0.2, 0.25) is 18.2 Å². The van der Waals surface area contributed by atoms with Crippen molar-refractivity contribution in [2.45, 2.75) is 98.6 Å². The summed E-state index contributed by atoms with van der Waals surface area (Å²) in [7, 11) is 0. The first kappa shape index (κ1) is 37.8. The van der Waals surface area contributed by atoms with Gasteiger partial charge in [0, 0.05) is 12.5 Å². The van der Waals surface area contributed by atoms with Gasteiger partial charge in [-0.3, -0.25) is 14.4 Å². The Morgan fingerprint density at radius 3 is 2.20 bits per heavy atom. The molecule has 1 aromatic rings. The fourth-order valence-corrected chi connectivity index (χ4v) is 3.53. The molecule has 0 radical (unpaired) electrons. The molecular formula is C30H52N4O7. The number of rotatable bonds is 12. The highest BCUT2D eigenvalue weighted by atomic mass is 16.5. The fraction of sp³-hybridized carbons (Fsp3) is 0.667. The Balaban J connectivity index is 0.000000697. The van der Waals surface area contributed by atoms with Crippen molar-refractivity contribution in [2.24, 2.45) is 11.8 Å². The van der Waals surface area contributed by atoms with Crippen molar-refractivity contribution in [1.29, 1.82) is 0 Å². The summed E-state index contributed by atoms with van der Waals surface area (Å²) in [6.07, 6.45) is 1.05. The first-order valence-corrected chi connectivity index (χ1v) is 14.2. The van der Waals surface area contributed by atoms with E-state index in [-0.39, 0.29) is 55.2 Å². The molecule has 4 atom stereocenters. The molecule has 1 aliphatic rings. The monoisotopic (exact) mass is 580 g/mol. The van der Waals surface area contributed by atoms with Crippen LogP contribution in [0.15, 0.2) is 30.3 Å². The SMILES string of the molecule is CC(C)C.CC(NC(=O)OCc1ccccc1)C(C)OC(C)(C)C.O=CNCC(=O)NC(CO)CC1CCNC1=O. The lowest BCUT2D eigenvalue weighted by molar-refractivity contribution is -0.125. The molecule has 4 unspecified atom stereocenters. The van der Waals surface area contributed by atoms with Gasteiger partial charge in [0.1, 0.15) is 6.61 Å². The molecule has 0 bridgehead atoms. The zero-order chi connectivity index (χ0) is 31.4. The Hall–Kier alpha value is -3.18. The molecular weight excluding hydrogens is 528 g/mol. The van der Waals surface area contributed by atoms with Crippen LogP contribution < -0.4 is 21.3 Å². The quantitative estimate of drug-likeness (QED) is 0.238. The lowest BCUT2D eigenvalue weighted by Crippen LogP contribution is -2.43. The third-order valence-corrected chi connectivity index (χ3v) is 5.47. The summed E-state index contributed by atoms with van der Waals surface area (Å²) in [5.41, 5.74) is 0.734. The van der Waals surface area contributed by atoms with E-state index in [1.54, 1.807) is 0 Å². The van der Waals surface area contributed by atoms with Crippen molar-refractivity contribution in [2.75, 3.05) is 19.7 Å². The second-order valence-electron chi connectivity index (χ2n) is 11.6. The topological polar surface area (TPSA) is 155 Å². The second-order valence-corrected chi connectivity index (χ2v) is 11.6. The van der Waals surface area contributed by atoms with Crippen molar-refractivity contribution in [1.82, 2.24) is 21.3 Å². The lowest BCUT2D eigenvalue weighted by atomic mass is 9.99. The number of benzene rings is 1. The third kappa shape index (κ3) is 20.4. The number of hydrogen-bond donors (Lipinski definition) is 5. The maximum Gasteiger partial charge on any atom is 0.407 e. The minimum absolute atomic E-state index is 0.0382. The maximum absolute atomic E-state index is 11.7. The lowest BCUT2D eigenvalue weighted by Gasteiger charge is -2.29. The average Bonchev–Trinajstić information content (AvgIpc) is 3.29. The Labute approximate surface area is 245 Å². The summed E-state index contributed by atoms with van der Waals surface area (Å²) < 4.78 is 11.0. The van der Waals surface area contributed by atoms with Crippen LogP contribution in [0.2, 0.25) is 0 Å². The van der Waals surface area contributed by atoms with Gasteiger partial charge in [0.25, 0.3) is 0 Å². The molecule has 0 aliphatic carbocycles. The first-order chi connectivity index (χ1) is 19.2. The highest BCUT2D eigenvalue weighted by Crippen LogP contribution is 2.16. The van der Waals surface area contributed by atoms with E-state index in [9.17, 15) is 19.2 Å². The molecule has 234 valence electrons. The molecule has 1 aromatic carbocycles. The predicted octanol–water partition coefficient (Wildman–Crippen LogP) is 2.90. The normalized spacial score (nSPS) is 16.4. The van der Waals surface area contributed by atoms with Crippen LogP contribution in [0.5, 0.6) is 0 Å². The van der Waals surface area contributed by atoms with E-state index < -0.39 is 12.1 Å². The van der Waals surface area contributed by atoms with Gasteiger partial charge in [0.05, 0.1) is 36.9 Å². The molecule has 0 saturated carbocycles. The molecule has 0 aromatic heterocycles. The van der Waals surface area contributed by atoms with Gasteiger partial charge >= 0.3 is 6.09 Å². The van der Waals surface area contributed by atoms with E-state index in [1.165, 1.54) is 0 Å². The highest BCUT2D eigenvalue weighted by Gasteiger charge is 2.27. The summed E-state index contributed by atoms with van der Waals surface area (Å²) in [5, 5.41) is 19.4. The number of amides is 4. The van der Waals surface area contributed by atoms with E-state index in [4.69, 9.17) is 14.6 Å². The Bertz CT molecular complexity index is 888. The number of carbonyl (C=O) groups is 4. The molecule has 1 saturated heterocycles. The van der Waals surface area contributed by atoms with E-state index in [0.29, 0.717) is 19.4 Å². The van der Waals surface area contributed by atoms with Gasteiger partial charge in [0.15, 0.2) is 0 Å². The minimum Gasteiger partial charge on any atom is -0.445 e. The number of aliphatic hydroxyl groups excluding tert-OH is 1. The van der Waals surface area contributed by atoms with E-state index in [1.807, 2.05) is 65.0 Å². The van der Waals surface area contributed by atoms with Crippen molar-refractivity contribution < 1.29 is 33.8 Å². The maximum atomic E-state index is 11.7. The van der Waals surface area contributed by atoms with Crippen molar-refractivity contribution in [3.63, 3.8) is 0 Å². The molecule has 41 heavy (non-hydrogen) atoms. The van der Waals surface area contributed by atoms with Crippen LogP contribution >= 0.6 is 0 Å². The van der Waals surface area contributed by atoms with Gasteiger partial charge < -0.3 is 35.8 Å². The molecule has 1 fully saturated rings. The summed E-state index contributed by atoms with van der Waals surface area (Å²) in [6.45, 7) is 16.9. The van der Waals surface area contributed by atoms with Gasteiger partial charge in [-0.25, -0.2) is 4.79 Å². The average molecular weight is 581 g/mol. The number of aliphatic hydroxyl groups is 1. The fourth-order valence-electron chi connectivity index (χ4n) is 3.53. The summed E-state index contributed by atoms with van der Waals surface area (Å²) in [4.78, 5) is 44.3. The van der Waals surface area contributed by atoms with Crippen LogP contribution in [-0.4, -0.2) is 72.9 Å². The molecule has 1 aliphatic heterocycles. The molecule has 11 heteroatoms. The van der Waals surface area contributed by atoms with Crippen LogP contribution in [0.3, 0.4) is 0 Å². The third-order valence-electron chi connectivity index (χ3n) is 5.47. The van der Waals surface area contributed by atoms with Gasteiger partial charge in [-0.2, -0.15) is 0 Å². The first-order valence-electron chi connectivity index (χ1n) is 14.2. The van der Waals surface area contributed by atoms with Gasteiger partial charge in [-0.15, -0.1) is 0 Å². The molecule has 5 N–H and O–H groups in total. The Morgan fingerprint density at radius 2 is 1.71 bits per heavy atom. The second kappa shape index (κ2) is 20.7. The van der Waals surface area contributed by atoms with Crippen LogP contribution in [-0.2, 0) is 30.5 Å².